The van der Waals surface area contributed by atoms with Gasteiger partial charge in [-0.3, -0.25) is 4.90 Å². The first-order chi connectivity index (χ1) is 7.20. The van der Waals surface area contributed by atoms with Gasteiger partial charge in [0, 0.05) is 25.7 Å². The largest absolute Gasteiger partial charge is 0.329 e. The highest BCUT2D eigenvalue weighted by Crippen LogP contribution is 2.34. The minimum absolute atomic E-state index is 0.684. The Balaban J connectivity index is 1.93. The second-order valence-electron chi connectivity index (χ2n) is 5.89. The zero-order valence-electron chi connectivity index (χ0n) is 10.3. The van der Waals surface area contributed by atoms with E-state index in [9.17, 15) is 0 Å². The van der Waals surface area contributed by atoms with E-state index in [1.165, 1.54) is 38.8 Å². The van der Waals surface area contributed by atoms with Crippen molar-refractivity contribution in [1.29, 1.82) is 0 Å². The molecule has 2 heteroatoms. The standard InChI is InChI=1S/C13H26N2/c1-10-6-11(2)9-15(8-10)13(7-14)12-4-3-5-12/h10-13H,3-9,14H2,1-2H3. The number of nitrogens with two attached hydrogens (primary N) is 1. The summed E-state index contributed by atoms with van der Waals surface area (Å²) in [4.78, 5) is 2.68. The molecule has 1 heterocycles. The quantitative estimate of drug-likeness (QED) is 0.773. The number of hydrogen-bond donors (Lipinski definition) is 1. The maximum absolute atomic E-state index is 5.96. The van der Waals surface area contributed by atoms with Crippen molar-refractivity contribution in [3.05, 3.63) is 0 Å². The molecule has 1 aliphatic heterocycles. The van der Waals surface area contributed by atoms with Crippen molar-refractivity contribution < 1.29 is 0 Å². The predicted molar refractivity (Wildman–Crippen MR) is 64.7 cm³/mol. The highest BCUT2D eigenvalue weighted by atomic mass is 15.2. The molecule has 0 bridgehead atoms. The predicted octanol–water partition coefficient (Wildman–Crippen LogP) is 2.09. The topological polar surface area (TPSA) is 29.3 Å². The van der Waals surface area contributed by atoms with Crippen molar-refractivity contribution in [2.45, 2.75) is 45.6 Å². The van der Waals surface area contributed by atoms with Gasteiger partial charge in [0.2, 0.25) is 0 Å². The number of rotatable bonds is 3. The van der Waals surface area contributed by atoms with Gasteiger partial charge in [-0.05, 0) is 37.0 Å². The molecule has 0 radical (unpaired) electrons. The van der Waals surface area contributed by atoms with E-state index < -0.39 is 0 Å². The fourth-order valence-electron chi connectivity index (χ4n) is 3.45. The molecule has 0 aromatic carbocycles. The number of nitrogens with zero attached hydrogens (tertiary/aromatic N) is 1. The fourth-order valence-corrected chi connectivity index (χ4v) is 3.45. The van der Waals surface area contributed by atoms with E-state index in [0.29, 0.717) is 6.04 Å². The fraction of sp³-hybridized carbons (Fsp3) is 1.00. The van der Waals surface area contributed by atoms with Crippen molar-refractivity contribution >= 4 is 0 Å². The van der Waals surface area contributed by atoms with Gasteiger partial charge in [0.1, 0.15) is 0 Å². The lowest BCUT2D eigenvalue weighted by Crippen LogP contribution is -2.52. The summed E-state index contributed by atoms with van der Waals surface area (Å²) < 4.78 is 0. The summed E-state index contributed by atoms with van der Waals surface area (Å²) in [5, 5.41) is 0. The molecule has 0 spiro atoms. The second kappa shape index (κ2) is 4.84. The van der Waals surface area contributed by atoms with Crippen LogP contribution in [0.5, 0.6) is 0 Å². The average molecular weight is 210 g/mol. The molecule has 1 saturated heterocycles. The minimum Gasteiger partial charge on any atom is -0.329 e. The van der Waals surface area contributed by atoms with E-state index in [1.54, 1.807) is 0 Å². The summed E-state index contributed by atoms with van der Waals surface area (Å²) in [6.45, 7) is 8.20. The van der Waals surface area contributed by atoms with Gasteiger partial charge in [-0.25, -0.2) is 0 Å². The third kappa shape index (κ3) is 2.54. The highest BCUT2D eigenvalue weighted by Gasteiger charge is 2.33. The lowest BCUT2D eigenvalue weighted by Gasteiger charge is -2.45. The summed E-state index contributed by atoms with van der Waals surface area (Å²) >= 11 is 0. The Morgan fingerprint density at radius 1 is 1.20 bits per heavy atom. The van der Waals surface area contributed by atoms with Gasteiger partial charge < -0.3 is 5.73 Å². The lowest BCUT2D eigenvalue weighted by atomic mass is 9.77. The van der Waals surface area contributed by atoms with Crippen LogP contribution in [-0.4, -0.2) is 30.6 Å². The molecule has 1 saturated carbocycles. The summed E-state index contributed by atoms with van der Waals surface area (Å²) in [5.41, 5.74) is 5.96. The normalized spacial score (nSPS) is 36.2. The maximum atomic E-state index is 5.96. The van der Waals surface area contributed by atoms with Gasteiger partial charge in [-0.2, -0.15) is 0 Å². The van der Waals surface area contributed by atoms with Gasteiger partial charge in [-0.1, -0.05) is 20.3 Å². The summed E-state index contributed by atoms with van der Waals surface area (Å²) in [5.74, 6) is 2.64. The molecule has 0 aromatic rings. The van der Waals surface area contributed by atoms with Crippen molar-refractivity contribution in [2.75, 3.05) is 19.6 Å². The van der Waals surface area contributed by atoms with Crippen LogP contribution in [0.1, 0.15) is 39.5 Å². The van der Waals surface area contributed by atoms with Gasteiger partial charge >= 0.3 is 0 Å². The third-order valence-corrected chi connectivity index (χ3v) is 4.30. The summed E-state index contributed by atoms with van der Waals surface area (Å²) in [7, 11) is 0. The number of piperidine rings is 1. The van der Waals surface area contributed by atoms with Crippen molar-refractivity contribution in [3.63, 3.8) is 0 Å². The zero-order valence-corrected chi connectivity index (χ0v) is 10.3. The summed E-state index contributed by atoms with van der Waals surface area (Å²) in [6.07, 6.45) is 5.67. The number of hydrogen-bond acceptors (Lipinski definition) is 2. The molecule has 2 nitrogen and oxygen atoms in total. The van der Waals surface area contributed by atoms with Gasteiger partial charge in [0.15, 0.2) is 0 Å². The second-order valence-corrected chi connectivity index (χ2v) is 5.89. The Morgan fingerprint density at radius 3 is 2.20 bits per heavy atom. The SMILES string of the molecule is CC1CC(C)CN(C(CN)C2CCC2)C1. The van der Waals surface area contributed by atoms with E-state index in [0.717, 1.165) is 24.3 Å². The molecule has 2 aliphatic rings. The Bertz CT molecular complexity index is 191. The first kappa shape index (κ1) is 11.4. The lowest BCUT2D eigenvalue weighted by molar-refractivity contribution is 0.0447. The van der Waals surface area contributed by atoms with Crippen LogP contribution in [0.15, 0.2) is 0 Å². The first-order valence-corrected chi connectivity index (χ1v) is 6.64. The molecule has 15 heavy (non-hydrogen) atoms. The van der Waals surface area contributed by atoms with Crippen LogP contribution in [0.25, 0.3) is 0 Å². The Labute approximate surface area is 94.2 Å². The monoisotopic (exact) mass is 210 g/mol. The van der Waals surface area contributed by atoms with Gasteiger partial charge in [0.25, 0.3) is 0 Å². The molecule has 3 unspecified atom stereocenters. The molecule has 2 rings (SSSR count). The highest BCUT2D eigenvalue weighted by molar-refractivity contribution is 4.88. The van der Waals surface area contributed by atoms with Gasteiger partial charge in [0.05, 0.1) is 0 Å². The molecule has 0 aromatic heterocycles. The van der Waals surface area contributed by atoms with Crippen LogP contribution < -0.4 is 5.73 Å². The van der Waals surface area contributed by atoms with Crippen LogP contribution in [0.4, 0.5) is 0 Å². The van der Waals surface area contributed by atoms with Crippen LogP contribution in [0.2, 0.25) is 0 Å². The Kier molecular flexibility index (Phi) is 3.68. The molecular formula is C13H26N2. The van der Waals surface area contributed by atoms with Crippen molar-refractivity contribution in [1.82, 2.24) is 4.90 Å². The molecular weight excluding hydrogens is 184 g/mol. The van der Waals surface area contributed by atoms with Crippen molar-refractivity contribution in [2.24, 2.45) is 23.5 Å². The van der Waals surface area contributed by atoms with Crippen LogP contribution >= 0.6 is 0 Å². The smallest absolute Gasteiger partial charge is 0.0246 e. The summed E-state index contributed by atoms with van der Waals surface area (Å²) in [6, 6.07) is 0.684. The molecule has 2 fully saturated rings. The van der Waals surface area contributed by atoms with E-state index in [4.69, 9.17) is 5.73 Å². The van der Waals surface area contributed by atoms with E-state index in [-0.39, 0.29) is 0 Å². The molecule has 2 N–H and O–H groups in total. The molecule has 1 aliphatic carbocycles. The maximum Gasteiger partial charge on any atom is 0.0246 e. The van der Waals surface area contributed by atoms with Crippen LogP contribution in [0.3, 0.4) is 0 Å². The van der Waals surface area contributed by atoms with Gasteiger partial charge in [-0.15, -0.1) is 0 Å². The van der Waals surface area contributed by atoms with Crippen LogP contribution in [-0.2, 0) is 0 Å². The minimum atomic E-state index is 0.684. The average Bonchev–Trinajstić information content (AvgIpc) is 2.08. The van der Waals surface area contributed by atoms with E-state index in [2.05, 4.69) is 18.7 Å². The Hall–Kier alpha value is -0.0800. The van der Waals surface area contributed by atoms with E-state index in [1.807, 2.05) is 0 Å². The first-order valence-electron chi connectivity index (χ1n) is 6.64. The molecule has 0 amide bonds. The Morgan fingerprint density at radius 2 is 1.80 bits per heavy atom. The molecule has 3 atom stereocenters. The van der Waals surface area contributed by atoms with Crippen molar-refractivity contribution in [3.8, 4) is 0 Å². The molecule has 88 valence electrons. The number of likely N-dealkylation sites (tertiary alicyclic amines) is 1. The zero-order chi connectivity index (χ0) is 10.8. The van der Waals surface area contributed by atoms with Crippen LogP contribution in [0, 0.1) is 17.8 Å². The third-order valence-electron chi connectivity index (χ3n) is 4.30. The van der Waals surface area contributed by atoms with E-state index >= 15 is 0 Å².